The molecule has 0 spiro atoms. The van der Waals surface area contributed by atoms with Crippen molar-refractivity contribution in [2.24, 2.45) is 5.73 Å². The van der Waals surface area contributed by atoms with Crippen LogP contribution in [0.4, 0.5) is 0 Å². The number of nitrogens with zero attached hydrogens (tertiary/aromatic N) is 1. The fourth-order valence-electron chi connectivity index (χ4n) is 2.02. The van der Waals surface area contributed by atoms with Crippen molar-refractivity contribution in [3.63, 3.8) is 0 Å². The summed E-state index contributed by atoms with van der Waals surface area (Å²) in [5, 5.41) is 0. The van der Waals surface area contributed by atoms with Crippen LogP contribution in [-0.2, 0) is 4.74 Å². The van der Waals surface area contributed by atoms with Gasteiger partial charge in [0.1, 0.15) is 0 Å². The van der Waals surface area contributed by atoms with Gasteiger partial charge in [-0.15, -0.1) is 0 Å². The van der Waals surface area contributed by atoms with E-state index in [0.717, 1.165) is 30.6 Å². The average Bonchev–Trinajstić information content (AvgIpc) is 2.39. The van der Waals surface area contributed by atoms with E-state index in [1.165, 1.54) is 5.56 Å². The van der Waals surface area contributed by atoms with E-state index in [1.807, 2.05) is 12.1 Å². The van der Waals surface area contributed by atoms with Gasteiger partial charge in [0.2, 0.25) is 0 Å². The van der Waals surface area contributed by atoms with E-state index in [2.05, 4.69) is 46.8 Å². The van der Waals surface area contributed by atoms with Crippen LogP contribution in [0.25, 0.3) is 0 Å². The number of methoxy groups -OCH3 is 1. The van der Waals surface area contributed by atoms with Crippen molar-refractivity contribution in [1.82, 2.24) is 4.90 Å². The van der Waals surface area contributed by atoms with Crippen LogP contribution in [0.15, 0.2) is 28.7 Å². The molecular formula is C15H25BrN2O. The summed E-state index contributed by atoms with van der Waals surface area (Å²) in [7, 11) is 1.74. The van der Waals surface area contributed by atoms with Crippen LogP contribution < -0.4 is 5.73 Å². The van der Waals surface area contributed by atoms with Crippen LogP contribution in [0.5, 0.6) is 0 Å². The highest BCUT2D eigenvalue weighted by molar-refractivity contribution is 9.10. The van der Waals surface area contributed by atoms with Gasteiger partial charge in [-0.05, 0) is 38.0 Å². The minimum absolute atomic E-state index is 0.0943. The van der Waals surface area contributed by atoms with E-state index in [1.54, 1.807) is 7.11 Å². The molecular weight excluding hydrogens is 304 g/mol. The van der Waals surface area contributed by atoms with Crippen molar-refractivity contribution in [3.8, 4) is 0 Å². The standard InChI is InChI=1S/C15H25BrN2O/c1-12(2)18(10-11-19-3)9-8-15(17)13-4-6-14(16)7-5-13/h4-7,12,15H,8-11,17H2,1-3H3. The number of halogens is 1. The SMILES string of the molecule is COCCN(CCC(N)c1ccc(Br)cc1)C(C)C. The van der Waals surface area contributed by atoms with E-state index < -0.39 is 0 Å². The molecule has 0 saturated carbocycles. The van der Waals surface area contributed by atoms with Crippen LogP contribution in [0, 0.1) is 0 Å². The first-order chi connectivity index (χ1) is 9.04. The van der Waals surface area contributed by atoms with Gasteiger partial charge < -0.3 is 10.5 Å². The first kappa shape index (κ1) is 16.6. The van der Waals surface area contributed by atoms with Crippen LogP contribution in [0.1, 0.15) is 31.9 Å². The van der Waals surface area contributed by atoms with Crippen LogP contribution in [0.2, 0.25) is 0 Å². The lowest BCUT2D eigenvalue weighted by Crippen LogP contribution is -2.36. The molecule has 1 rings (SSSR count). The molecule has 0 saturated heterocycles. The highest BCUT2D eigenvalue weighted by Gasteiger charge is 2.12. The van der Waals surface area contributed by atoms with Gasteiger partial charge in [0.05, 0.1) is 6.61 Å². The maximum Gasteiger partial charge on any atom is 0.0589 e. The number of benzene rings is 1. The van der Waals surface area contributed by atoms with Gasteiger partial charge in [-0.25, -0.2) is 0 Å². The quantitative estimate of drug-likeness (QED) is 0.796. The zero-order chi connectivity index (χ0) is 14.3. The maximum absolute atomic E-state index is 6.25. The normalized spacial score (nSPS) is 13.2. The second-order valence-electron chi connectivity index (χ2n) is 5.07. The Kier molecular flexibility index (Phi) is 7.61. The van der Waals surface area contributed by atoms with Gasteiger partial charge in [0.15, 0.2) is 0 Å². The van der Waals surface area contributed by atoms with E-state index in [-0.39, 0.29) is 6.04 Å². The van der Waals surface area contributed by atoms with Gasteiger partial charge >= 0.3 is 0 Å². The summed E-state index contributed by atoms with van der Waals surface area (Å²) in [4.78, 5) is 2.40. The Bertz CT molecular complexity index is 354. The van der Waals surface area contributed by atoms with E-state index >= 15 is 0 Å². The first-order valence-corrected chi connectivity index (χ1v) is 7.58. The number of hydrogen-bond acceptors (Lipinski definition) is 3. The second-order valence-corrected chi connectivity index (χ2v) is 5.98. The Morgan fingerprint density at radius 1 is 1.21 bits per heavy atom. The molecule has 0 aromatic heterocycles. The smallest absolute Gasteiger partial charge is 0.0589 e. The monoisotopic (exact) mass is 328 g/mol. The van der Waals surface area contributed by atoms with Gasteiger partial charge in [-0.3, -0.25) is 4.90 Å². The van der Waals surface area contributed by atoms with Gasteiger partial charge in [-0.2, -0.15) is 0 Å². The first-order valence-electron chi connectivity index (χ1n) is 6.78. The van der Waals surface area contributed by atoms with Crippen molar-refractivity contribution in [2.45, 2.75) is 32.4 Å². The lowest BCUT2D eigenvalue weighted by molar-refractivity contribution is 0.127. The predicted molar refractivity (Wildman–Crippen MR) is 84.3 cm³/mol. The maximum atomic E-state index is 6.25. The van der Waals surface area contributed by atoms with Crippen molar-refractivity contribution < 1.29 is 4.74 Å². The highest BCUT2D eigenvalue weighted by atomic mass is 79.9. The van der Waals surface area contributed by atoms with Crippen molar-refractivity contribution in [3.05, 3.63) is 34.3 Å². The molecule has 1 aromatic rings. The summed E-state index contributed by atoms with van der Waals surface area (Å²) in [6.07, 6.45) is 0.962. The summed E-state index contributed by atoms with van der Waals surface area (Å²) in [5.41, 5.74) is 7.44. The Balaban J connectivity index is 2.46. The molecule has 0 bridgehead atoms. The molecule has 3 nitrogen and oxygen atoms in total. The third kappa shape index (κ3) is 6.04. The average molecular weight is 329 g/mol. The number of nitrogens with two attached hydrogens (primary N) is 1. The number of hydrogen-bond donors (Lipinski definition) is 1. The molecule has 0 heterocycles. The number of rotatable bonds is 8. The molecule has 0 radical (unpaired) electrons. The zero-order valence-electron chi connectivity index (χ0n) is 12.1. The van der Waals surface area contributed by atoms with E-state index in [4.69, 9.17) is 10.5 Å². The molecule has 0 aliphatic heterocycles. The fraction of sp³-hybridized carbons (Fsp3) is 0.600. The second kappa shape index (κ2) is 8.69. The molecule has 2 N–H and O–H groups in total. The molecule has 108 valence electrons. The molecule has 19 heavy (non-hydrogen) atoms. The third-order valence-corrected chi connectivity index (χ3v) is 3.87. The minimum atomic E-state index is 0.0943. The molecule has 0 fully saturated rings. The van der Waals surface area contributed by atoms with Crippen molar-refractivity contribution >= 4 is 15.9 Å². The van der Waals surface area contributed by atoms with Crippen molar-refractivity contribution in [2.75, 3.05) is 26.8 Å². The molecule has 0 aliphatic rings. The lowest BCUT2D eigenvalue weighted by atomic mass is 10.0. The van der Waals surface area contributed by atoms with Crippen molar-refractivity contribution in [1.29, 1.82) is 0 Å². The van der Waals surface area contributed by atoms with Crippen LogP contribution in [0.3, 0.4) is 0 Å². The summed E-state index contributed by atoms with van der Waals surface area (Å²) < 4.78 is 6.24. The van der Waals surface area contributed by atoms with Gasteiger partial charge in [-0.1, -0.05) is 28.1 Å². The van der Waals surface area contributed by atoms with E-state index in [9.17, 15) is 0 Å². The Labute approximate surface area is 125 Å². The van der Waals surface area contributed by atoms with Crippen LogP contribution >= 0.6 is 15.9 Å². The zero-order valence-corrected chi connectivity index (χ0v) is 13.7. The molecule has 1 aromatic carbocycles. The molecule has 4 heteroatoms. The topological polar surface area (TPSA) is 38.5 Å². The number of ether oxygens (including phenoxy) is 1. The van der Waals surface area contributed by atoms with Gasteiger partial charge in [0, 0.05) is 36.8 Å². The Hall–Kier alpha value is -0.420. The summed E-state index contributed by atoms with van der Waals surface area (Å²) in [6.45, 7) is 7.15. The Morgan fingerprint density at radius 2 is 1.84 bits per heavy atom. The third-order valence-electron chi connectivity index (χ3n) is 3.34. The molecule has 1 unspecified atom stereocenters. The summed E-state index contributed by atoms with van der Waals surface area (Å²) in [5.74, 6) is 0. The fourth-order valence-corrected chi connectivity index (χ4v) is 2.28. The largest absolute Gasteiger partial charge is 0.383 e. The summed E-state index contributed by atoms with van der Waals surface area (Å²) >= 11 is 3.44. The molecule has 0 aliphatic carbocycles. The lowest BCUT2D eigenvalue weighted by Gasteiger charge is -2.27. The predicted octanol–water partition coefficient (Wildman–Crippen LogP) is 3.20. The molecule has 0 amide bonds. The Morgan fingerprint density at radius 3 is 2.37 bits per heavy atom. The van der Waals surface area contributed by atoms with Crippen LogP contribution in [-0.4, -0.2) is 37.7 Å². The summed E-state index contributed by atoms with van der Waals surface area (Å²) in [6, 6.07) is 8.87. The minimum Gasteiger partial charge on any atom is -0.383 e. The van der Waals surface area contributed by atoms with Gasteiger partial charge in [0.25, 0.3) is 0 Å². The molecule has 1 atom stereocenters. The highest BCUT2D eigenvalue weighted by Crippen LogP contribution is 2.18. The van der Waals surface area contributed by atoms with E-state index in [0.29, 0.717) is 6.04 Å².